The summed E-state index contributed by atoms with van der Waals surface area (Å²) in [5, 5.41) is 3.01. The van der Waals surface area contributed by atoms with Crippen LogP contribution in [0.3, 0.4) is 0 Å². The van der Waals surface area contributed by atoms with E-state index in [9.17, 15) is 18.0 Å². The Kier molecular flexibility index (Phi) is 7.95. The maximum atomic E-state index is 13.6. The molecule has 0 bridgehead atoms. The smallest absolute Gasteiger partial charge is 0.317 e. The van der Waals surface area contributed by atoms with Crippen molar-refractivity contribution in [1.82, 2.24) is 20.0 Å². The first-order valence-corrected chi connectivity index (χ1v) is 11.8. The molecule has 9 heteroatoms. The van der Waals surface area contributed by atoms with Gasteiger partial charge in [-0.25, -0.2) is 18.0 Å². The zero-order chi connectivity index (χ0) is 24.1. The minimum atomic E-state index is -1.47. The number of rotatable bonds is 6. The first-order valence-electron chi connectivity index (χ1n) is 11.8. The molecule has 0 aliphatic carbocycles. The number of nitrogens with zero attached hydrogens (tertiary/aromatic N) is 4. The van der Waals surface area contributed by atoms with E-state index < -0.39 is 17.5 Å². The summed E-state index contributed by atoms with van der Waals surface area (Å²) in [7, 11) is 0. The molecule has 4 rings (SSSR count). The van der Waals surface area contributed by atoms with Gasteiger partial charge in [0.25, 0.3) is 0 Å². The van der Waals surface area contributed by atoms with E-state index in [4.69, 9.17) is 0 Å². The molecule has 2 amide bonds. The summed E-state index contributed by atoms with van der Waals surface area (Å²) in [4.78, 5) is 21.0. The molecule has 1 N–H and O–H groups in total. The van der Waals surface area contributed by atoms with Crippen LogP contribution in [0, 0.1) is 17.5 Å². The Balaban J connectivity index is 1.17. The van der Waals surface area contributed by atoms with Crippen molar-refractivity contribution in [2.75, 3.05) is 63.8 Å². The minimum Gasteiger partial charge on any atom is -0.368 e. The van der Waals surface area contributed by atoms with Crippen molar-refractivity contribution in [3.8, 4) is 0 Å². The third-order valence-electron chi connectivity index (χ3n) is 6.64. The van der Waals surface area contributed by atoms with Gasteiger partial charge in [-0.15, -0.1) is 0 Å². The van der Waals surface area contributed by atoms with Gasteiger partial charge >= 0.3 is 6.03 Å². The molecule has 2 aliphatic rings. The van der Waals surface area contributed by atoms with Crippen LogP contribution in [-0.4, -0.2) is 85.7 Å². The number of carbonyl (C=O) groups is 1. The molecule has 2 aromatic rings. The van der Waals surface area contributed by atoms with E-state index in [-0.39, 0.29) is 17.8 Å². The Morgan fingerprint density at radius 2 is 1.59 bits per heavy atom. The highest BCUT2D eigenvalue weighted by molar-refractivity contribution is 5.75. The maximum Gasteiger partial charge on any atom is 0.317 e. The van der Waals surface area contributed by atoms with Gasteiger partial charge in [0.05, 0.1) is 0 Å². The lowest BCUT2D eigenvalue weighted by molar-refractivity contribution is 0.126. The predicted octanol–water partition coefficient (Wildman–Crippen LogP) is 3.14. The van der Waals surface area contributed by atoms with Gasteiger partial charge in [0.1, 0.15) is 0 Å². The van der Waals surface area contributed by atoms with Crippen molar-refractivity contribution in [3.63, 3.8) is 0 Å². The number of nitrogens with one attached hydrogen (secondary N) is 1. The minimum absolute atomic E-state index is 0.133. The number of carbonyl (C=O) groups excluding carboxylic acids is 1. The fourth-order valence-corrected chi connectivity index (χ4v) is 4.65. The Hall–Kier alpha value is -2.78. The molecule has 0 radical (unpaired) electrons. The lowest BCUT2D eigenvalue weighted by Gasteiger charge is -2.41. The van der Waals surface area contributed by atoms with Crippen LogP contribution in [0.15, 0.2) is 42.5 Å². The normalized spacial score (nSPS) is 19.9. The van der Waals surface area contributed by atoms with Gasteiger partial charge in [-0.1, -0.05) is 30.3 Å². The van der Waals surface area contributed by atoms with Gasteiger partial charge < -0.3 is 15.1 Å². The topological polar surface area (TPSA) is 42.1 Å². The van der Waals surface area contributed by atoms with E-state index in [0.717, 1.165) is 51.4 Å². The van der Waals surface area contributed by atoms with Crippen LogP contribution in [-0.2, 0) is 6.54 Å². The van der Waals surface area contributed by atoms with Crippen molar-refractivity contribution >= 4 is 11.7 Å². The second kappa shape index (κ2) is 11.1. The molecule has 2 aromatic carbocycles. The van der Waals surface area contributed by atoms with E-state index in [0.29, 0.717) is 26.2 Å². The third-order valence-corrected chi connectivity index (χ3v) is 6.64. The largest absolute Gasteiger partial charge is 0.368 e. The molecule has 2 aliphatic heterocycles. The summed E-state index contributed by atoms with van der Waals surface area (Å²) < 4.78 is 40.4. The average Bonchev–Trinajstić information content (AvgIpc) is 2.84. The summed E-state index contributed by atoms with van der Waals surface area (Å²) in [5.74, 6) is -3.88. The van der Waals surface area contributed by atoms with Crippen LogP contribution in [0.4, 0.5) is 23.7 Å². The zero-order valence-corrected chi connectivity index (χ0v) is 19.5. The number of benzene rings is 2. The van der Waals surface area contributed by atoms with Crippen LogP contribution < -0.4 is 10.2 Å². The maximum absolute atomic E-state index is 13.6. The van der Waals surface area contributed by atoms with E-state index in [1.54, 1.807) is 9.80 Å². The Morgan fingerprint density at radius 3 is 2.24 bits per heavy atom. The quantitative estimate of drug-likeness (QED) is 0.652. The van der Waals surface area contributed by atoms with E-state index in [2.05, 4.69) is 39.4 Å². The van der Waals surface area contributed by atoms with Crippen LogP contribution in [0.25, 0.3) is 0 Å². The number of halogens is 3. The molecule has 0 spiro atoms. The molecule has 0 unspecified atom stereocenters. The summed E-state index contributed by atoms with van der Waals surface area (Å²) >= 11 is 0. The molecule has 0 saturated carbocycles. The SMILES string of the molecule is C[C@@H]1CN(c2cc(F)c(F)c(F)c2)CCN1C(=O)NCCN1CCN(Cc2ccccc2)CC1. The summed E-state index contributed by atoms with van der Waals surface area (Å²) in [6, 6.07) is 12.2. The van der Waals surface area contributed by atoms with Crippen molar-refractivity contribution in [2.24, 2.45) is 0 Å². The fourth-order valence-electron chi connectivity index (χ4n) is 4.65. The average molecular weight is 476 g/mol. The summed E-state index contributed by atoms with van der Waals surface area (Å²) in [6.45, 7) is 9.45. The van der Waals surface area contributed by atoms with Crippen LogP contribution in [0.2, 0.25) is 0 Å². The van der Waals surface area contributed by atoms with Crippen molar-refractivity contribution in [3.05, 3.63) is 65.5 Å². The predicted molar refractivity (Wildman–Crippen MR) is 126 cm³/mol. The van der Waals surface area contributed by atoms with Crippen LogP contribution >= 0.6 is 0 Å². The second-order valence-corrected chi connectivity index (χ2v) is 9.05. The number of piperazine rings is 2. The first kappa shape index (κ1) is 24.3. The highest BCUT2D eigenvalue weighted by atomic mass is 19.2. The van der Waals surface area contributed by atoms with Gasteiger partial charge in [-0.3, -0.25) is 9.80 Å². The molecular formula is C25H32F3N5O. The molecule has 34 heavy (non-hydrogen) atoms. The molecule has 0 aromatic heterocycles. The fraction of sp³-hybridized carbons (Fsp3) is 0.480. The summed E-state index contributed by atoms with van der Waals surface area (Å²) in [6.07, 6.45) is 0. The van der Waals surface area contributed by atoms with Crippen molar-refractivity contribution < 1.29 is 18.0 Å². The van der Waals surface area contributed by atoms with Crippen molar-refractivity contribution in [2.45, 2.75) is 19.5 Å². The lowest BCUT2D eigenvalue weighted by Crippen LogP contribution is -2.57. The van der Waals surface area contributed by atoms with E-state index in [1.807, 2.05) is 13.0 Å². The summed E-state index contributed by atoms with van der Waals surface area (Å²) in [5.41, 5.74) is 1.61. The van der Waals surface area contributed by atoms with Gasteiger partial charge in [-0.2, -0.15) is 0 Å². The first-order chi connectivity index (χ1) is 16.4. The zero-order valence-electron chi connectivity index (χ0n) is 19.5. The third kappa shape index (κ3) is 6.01. The molecule has 2 fully saturated rings. The molecule has 184 valence electrons. The monoisotopic (exact) mass is 475 g/mol. The van der Waals surface area contributed by atoms with Crippen molar-refractivity contribution in [1.29, 1.82) is 0 Å². The van der Waals surface area contributed by atoms with Gasteiger partial charge in [0.2, 0.25) is 0 Å². The number of amides is 2. The molecular weight excluding hydrogens is 443 g/mol. The van der Waals surface area contributed by atoms with Gasteiger partial charge in [-0.05, 0) is 12.5 Å². The number of anilines is 1. The second-order valence-electron chi connectivity index (χ2n) is 9.05. The standard InChI is InChI=1S/C25H32F3N5O/c1-19-17-32(21-15-22(26)24(28)23(27)16-21)13-14-33(19)25(34)29-7-8-30-9-11-31(12-10-30)18-20-5-3-2-4-6-20/h2-6,15-16,19H,7-14,17-18H2,1H3,(H,29,34)/t19-/m1/s1. The molecule has 2 heterocycles. The Bertz CT molecular complexity index is 945. The van der Waals surface area contributed by atoms with Crippen LogP contribution in [0.5, 0.6) is 0 Å². The number of hydrogen-bond donors (Lipinski definition) is 1. The molecule has 6 nitrogen and oxygen atoms in total. The Labute approximate surface area is 198 Å². The lowest BCUT2D eigenvalue weighted by atomic mass is 10.1. The van der Waals surface area contributed by atoms with Gasteiger partial charge in [0, 0.05) is 89.3 Å². The van der Waals surface area contributed by atoms with E-state index in [1.165, 1.54) is 5.56 Å². The highest BCUT2D eigenvalue weighted by Crippen LogP contribution is 2.23. The molecule has 2 saturated heterocycles. The Morgan fingerprint density at radius 1 is 0.941 bits per heavy atom. The number of hydrogen-bond acceptors (Lipinski definition) is 4. The van der Waals surface area contributed by atoms with Gasteiger partial charge in [0.15, 0.2) is 17.5 Å². The molecule has 1 atom stereocenters. The van der Waals surface area contributed by atoms with E-state index >= 15 is 0 Å². The highest BCUT2D eigenvalue weighted by Gasteiger charge is 2.28. The number of urea groups is 1. The van der Waals surface area contributed by atoms with Crippen LogP contribution in [0.1, 0.15) is 12.5 Å².